The lowest BCUT2D eigenvalue weighted by Gasteiger charge is -2.25. The predicted octanol–water partition coefficient (Wildman–Crippen LogP) is 3.10. The van der Waals surface area contributed by atoms with E-state index in [9.17, 15) is 0 Å². The second kappa shape index (κ2) is 9.30. The Kier molecular flexibility index (Phi) is 7.10. The third-order valence-corrected chi connectivity index (χ3v) is 4.26. The van der Waals surface area contributed by atoms with Gasteiger partial charge in [0.1, 0.15) is 17.2 Å². The molecule has 5 heteroatoms. The first-order valence-corrected chi connectivity index (χ1v) is 8.31. The first-order valence-electron chi connectivity index (χ1n) is 8.31. The first kappa shape index (κ1) is 19.1. The number of likely N-dealkylation sites (N-methyl/N-ethyl adjacent to an activating group) is 1. The maximum absolute atomic E-state index is 5.44. The monoisotopic (exact) mass is 344 g/mol. The van der Waals surface area contributed by atoms with E-state index in [4.69, 9.17) is 14.2 Å². The molecule has 0 heterocycles. The Labute approximate surface area is 150 Å². The molecule has 25 heavy (non-hydrogen) atoms. The smallest absolute Gasteiger partial charge is 0.123 e. The summed E-state index contributed by atoms with van der Waals surface area (Å²) in [6.45, 7) is 1.53. The molecule has 0 aromatic heterocycles. The molecule has 136 valence electrons. The summed E-state index contributed by atoms with van der Waals surface area (Å²) < 4.78 is 16.0. The predicted molar refractivity (Wildman–Crippen MR) is 101 cm³/mol. The second-order valence-electron chi connectivity index (χ2n) is 6.06. The minimum atomic E-state index is 0.266. The van der Waals surface area contributed by atoms with E-state index in [0.717, 1.165) is 29.4 Å². The van der Waals surface area contributed by atoms with E-state index < -0.39 is 0 Å². The van der Waals surface area contributed by atoms with Crippen molar-refractivity contribution in [2.45, 2.75) is 12.6 Å². The number of methoxy groups -OCH3 is 3. The van der Waals surface area contributed by atoms with Crippen LogP contribution in [0.5, 0.6) is 17.2 Å². The quantitative estimate of drug-likeness (QED) is 0.757. The van der Waals surface area contributed by atoms with Gasteiger partial charge in [-0.3, -0.25) is 0 Å². The van der Waals surface area contributed by atoms with Crippen molar-refractivity contribution in [1.29, 1.82) is 0 Å². The zero-order valence-electron chi connectivity index (χ0n) is 15.7. The SMILES string of the molecule is COc1ccc(C(CNCc2cc(OC)ccc2OC)N(C)C)cc1. The molecule has 0 radical (unpaired) electrons. The molecular weight excluding hydrogens is 316 g/mol. The molecule has 0 spiro atoms. The van der Waals surface area contributed by atoms with Gasteiger partial charge in [-0.2, -0.15) is 0 Å². The molecular formula is C20H28N2O3. The van der Waals surface area contributed by atoms with Crippen molar-refractivity contribution in [2.75, 3.05) is 42.0 Å². The van der Waals surface area contributed by atoms with Gasteiger partial charge in [0.15, 0.2) is 0 Å². The normalized spacial score (nSPS) is 12.1. The number of nitrogens with zero attached hydrogens (tertiary/aromatic N) is 1. The number of benzene rings is 2. The van der Waals surface area contributed by atoms with Gasteiger partial charge in [0, 0.05) is 24.7 Å². The highest BCUT2D eigenvalue weighted by Crippen LogP contribution is 2.25. The minimum Gasteiger partial charge on any atom is -0.497 e. The van der Waals surface area contributed by atoms with Crippen molar-refractivity contribution in [1.82, 2.24) is 10.2 Å². The number of ether oxygens (including phenoxy) is 3. The fourth-order valence-electron chi connectivity index (χ4n) is 2.79. The Morgan fingerprint density at radius 1 is 0.880 bits per heavy atom. The van der Waals surface area contributed by atoms with Crippen LogP contribution in [0.4, 0.5) is 0 Å². The minimum absolute atomic E-state index is 0.266. The average Bonchev–Trinajstić information content (AvgIpc) is 2.65. The van der Waals surface area contributed by atoms with Gasteiger partial charge in [-0.25, -0.2) is 0 Å². The first-order chi connectivity index (χ1) is 12.1. The van der Waals surface area contributed by atoms with Crippen molar-refractivity contribution in [3.8, 4) is 17.2 Å². The molecule has 0 aliphatic carbocycles. The summed E-state index contributed by atoms with van der Waals surface area (Å²) in [5, 5.41) is 3.53. The van der Waals surface area contributed by atoms with Crippen LogP contribution in [0.25, 0.3) is 0 Å². The van der Waals surface area contributed by atoms with Gasteiger partial charge >= 0.3 is 0 Å². The third-order valence-electron chi connectivity index (χ3n) is 4.26. The molecule has 1 unspecified atom stereocenters. The molecule has 0 saturated carbocycles. The van der Waals surface area contributed by atoms with Crippen molar-refractivity contribution in [2.24, 2.45) is 0 Å². The maximum Gasteiger partial charge on any atom is 0.123 e. The van der Waals surface area contributed by atoms with Crippen LogP contribution < -0.4 is 19.5 Å². The summed E-state index contributed by atoms with van der Waals surface area (Å²) in [5.41, 5.74) is 2.32. The zero-order chi connectivity index (χ0) is 18.2. The van der Waals surface area contributed by atoms with Crippen LogP contribution in [0.3, 0.4) is 0 Å². The van der Waals surface area contributed by atoms with E-state index in [0.29, 0.717) is 6.54 Å². The average molecular weight is 344 g/mol. The summed E-state index contributed by atoms with van der Waals surface area (Å²) in [6.07, 6.45) is 0. The van der Waals surface area contributed by atoms with Gasteiger partial charge < -0.3 is 24.4 Å². The molecule has 2 aromatic rings. The second-order valence-corrected chi connectivity index (χ2v) is 6.06. The van der Waals surface area contributed by atoms with Crippen molar-refractivity contribution in [3.63, 3.8) is 0 Å². The van der Waals surface area contributed by atoms with Crippen LogP contribution >= 0.6 is 0 Å². The van der Waals surface area contributed by atoms with Crippen molar-refractivity contribution in [3.05, 3.63) is 53.6 Å². The van der Waals surface area contributed by atoms with Gasteiger partial charge in [0.25, 0.3) is 0 Å². The highest BCUT2D eigenvalue weighted by atomic mass is 16.5. The van der Waals surface area contributed by atoms with Crippen LogP contribution in [0, 0.1) is 0 Å². The Morgan fingerprint density at radius 3 is 2.08 bits per heavy atom. The van der Waals surface area contributed by atoms with Gasteiger partial charge in [-0.05, 0) is 50.0 Å². The number of nitrogens with one attached hydrogen (secondary N) is 1. The molecule has 0 aliphatic rings. The van der Waals surface area contributed by atoms with Crippen molar-refractivity contribution >= 4 is 0 Å². The molecule has 5 nitrogen and oxygen atoms in total. The molecule has 0 bridgehead atoms. The Balaban J connectivity index is 2.04. The van der Waals surface area contributed by atoms with E-state index in [1.165, 1.54) is 5.56 Å². The molecule has 2 rings (SSSR count). The summed E-state index contributed by atoms with van der Waals surface area (Å²) in [7, 11) is 9.21. The molecule has 0 aliphatic heterocycles. The van der Waals surface area contributed by atoms with Crippen LogP contribution in [0.2, 0.25) is 0 Å². The van der Waals surface area contributed by atoms with Crippen LogP contribution in [-0.2, 0) is 6.54 Å². The lowest BCUT2D eigenvalue weighted by Crippen LogP contribution is -2.30. The number of hydrogen-bond acceptors (Lipinski definition) is 5. The van der Waals surface area contributed by atoms with Crippen LogP contribution in [0.15, 0.2) is 42.5 Å². The molecule has 2 aromatic carbocycles. The summed E-state index contributed by atoms with van der Waals surface area (Å²) in [5.74, 6) is 2.56. The van der Waals surface area contributed by atoms with Gasteiger partial charge in [0.05, 0.1) is 21.3 Å². The molecule has 0 amide bonds. The van der Waals surface area contributed by atoms with E-state index in [-0.39, 0.29) is 6.04 Å². The third kappa shape index (κ3) is 5.11. The topological polar surface area (TPSA) is 43.0 Å². The number of rotatable bonds is 9. The Bertz CT molecular complexity index is 656. The van der Waals surface area contributed by atoms with E-state index in [1.54, 1.807) is 21.3 Å². The highest BCUT2D eigenvalue weighted by molar-refractivity contribution is 5.40. The lowest BCUT2D eigenvalue weighted by molar-refractivity contribution is 0.287. The summed E-state index contributed by atoms with van der Waals surface area (Å²) in [4.78, 5) is 2.21. The van der Waals surface area contributed by atoms with Crippen LogP contribution in [0.1, 0.15) is 17.2 Å². The highest BCUT2D eigenvalue weighted by Gasteiger charge is 2.14. The molecule has 0 fully saturated rings. The maximum atomic E-state index is 5.44. The largest absolute Gasteiger partial charge is 0.497 e. The standard InChI is InChI=1S/C20H28N2O3/c1-22(2)19(15-6-8-17(23-3)9-7-15)14-21-13-16-12-18(24-4)10-11-20(16)25-5/h6-12,19,21H,13-14H2,1-5H3. The summed E-state index contributed by atoms with van der Waals surface area (Å²) in [6, 6.07) is 14.3. The van der Waals surface area contributed by atoms with E-state index in [1.807, 2.05) is 30.3 Å². The van der Waals surface area contributed by atoms with Gasteiger partial charge in [-0.15, -0.1) is 0 Å². The summed E-state index contributed by atoms with van der Waals surface area (Å²) >= 11 is 0. The fourth-order valence-corrected chi connectivity index (χ4v) is 2.79. The van der Waals surface area contributed by atoms with Gasteiger partial charge in [-0.1, -0.05) is 12.1 Å². The van der Waals surface area contributed by atoms with Crippen LogP contribution in [-0.4, -0.2) is 46.9 Å². The lowest BCUT2D eigenvalue weighted by atomic mass is 10.1. The zero-order valence-corrected chi connectivity index (χ0v) is 15.7. The Hall–Kier alpha value is -2.24. The fraction of sp³-hybridized carbons (Fsp3) is 0.400. The number of hydrogen-bond donors (Lipinski definition) is 1. The van der Waals surface area contributed by atoms with Crippen molar-refractivity contribution < 1.29 is 14.2 Å². The molecule has 1 atom stereocenters. The van der Waals surface area contributed by atoms with E-state index in [2.05, 4.69) is 36.4 Å². The van der Waals surface area contributed by atoms with E-state index >= 15 is 0 Å². The van der Waals surface area contributed by atoms with Gasteiger partial charge in [0.2, 0.25) is 0 Å². The molecule has 1 N–H and O–H groups in total. The Morgan fingerprint density at radius 2 is 1.52 bits per heavy atom. The molecule has 0 saturated heterocycles.